The van der Waals surface area contributed by atoms with Crippen LogP contribution in [0.2, 0.25) is 0 Å². The lowest BCUT2D eigenvalue weighted by Crippen LogP contribution is -2.43. The molecule has 0 unspecified atom stereocenters. The number of guanidine groups is 1. The van der Waals surface area contributed by atoms with Crippen molar-refractivity contribution in [3.8, 4) is 0 Å². The van der Waals surface area contributed by atoms with E-state index in [0.29, 0.717) is 32.0 Å². The molecule has 0 aromatic heterocycles. The molecule has 0 spiro atoms. The summed E-state index contributed by atoms with van der Waals surface area (Å²) in [4.78, 5) is 28.4. The second-order valence-electron chi connectivity index (χ2n) is 5.89. The molecule has 128 valence electrons. The second kappa shape index (κ2) is 9.86. The summed E-state index contributed by atoms with van der Waals surface area (Å²) in [5, 5.41) is 8.70. The molecule has 0 rings (SSSR count). The number of hydrogen-bond acceptors (Lipinski definition) is 4. The first-order valence-electron chi connectivity index (χ1n) is 7.27. The number of alkyl carbamates (subject to hydrolysis) is 1. The van der Waals surface area contributed by atoms with Crippen LogP contribution in [0.5, 0.6) is 0 Å². The standard InChI is InChI=1S/C14H29N5O3/c1-14(2,3)22-13(21)18-10-9-17-12(15-4)16-8-7-11(20)19(5)6/h7-10H2,1-6H3,(H,18,21)(H2,15,16,17). The average molecular weight is 315 g/mol. The van der Waals surface area contributed by atoms with E-state index in [1.54, 1.807) is 26.0 Å². The molecular weight excluding hydrogens is 286 g/mol. The normalized spacial score (nSPS) is 11.6. The van der Waals surface area contributed by atoms with Crippen molar-refractivity contribution in [2.45, 2.75) is 32.8 Å². The maximum Gasteiger partial charge on any atom is 0.407 e. The number of carbonyl (C=O) groups is 2. The first-order chi connectivity index (χ1) is 10.2. The number of rotatable bonds is 6. The molecular formula is C14H29N5O3. The molecule has 0 bridgehead atoms. The van der Waals surface area contributed by atoms with Gasteiger partial charge in [0.05, 0.1) is 0 Å². The lowest BCUT2D eigenvalue weighted by Gasteiger charge is -2.20. The largest absolute Gasteiger partial charge is 0.444 e. The minimum atomic E-state index is -0.506. The summed E-state index contributed by atoms with van der Waals surface area (Å²) in [6, 6.07) is 0. The van der Waals surface area contributed by atoms with Gasteiger partial charge >= 0.3 is 6.09 Å². The van der Waals surface area contributed by atoms with E-state index in [1.165, 1.54) is 0 Å². The molecule has 0 aliphatic carbocycles. The molecule has 8 heteroatoms. The van der Waals surface area contributed by atoms with Gasteiger partial charge in [-0.3, -0.25) is 9.79 Å². The van der Waals surface area contributed by atoms with Crippen LogP contribution in [0.1, 0.15) is 27.2 Å². The van der Waals surface area contributed by atoms with Crippen LogP contribution in [0.3, 0.4) is 0 Å². The van der Waals surface area contributed by atoms with Crippen LogP contribution in [-0.4, -0.2) is 69.2 Å². The molecule has 0 fully saturated rings. The highest BCUT2D eigenvalue weighted by molar-refractivity contribution is 5.81. The van der Waals surface area contributed by atoms with Crippen molar-refractivity contribution in [2.24, 2.45) is 4.99 Å². The van der Waals surface area contributed by atoms with E-state index < -0.39 is 11.7 Å². The van der Waals surface area contributed by atoms with Crippen LogP contribution < -0.4 is 16.0 Å². The third kappa shape index (κ3) is 10.8. The lowest BCUT2D eigenvalue weighted by molar-refractivity contribution is -0.128. The molecule has 0 aromatic carbocycles. The van der Waals surface area contributed by atoms with Crippen molar-refractivity contribution < 1.29 is 14.3 Å². The molecule has 0 aliphatic heterocycles. The van der Waals surface area contributed by atoms with Gasteiger partial charge in [0.15, 0.2) is 5.96 Å². The van der Waals surface area contributed by atoms with Crippen LogP contribution in [0.4, 0.5) is 4.79 Å². The van der Waals surface area contributed by atoms with Gasteiger partial charge in [-0.1, -0.05) is 0 Å². The first kappa shape index (κ1) is 20.0. The van der Waals surface area contributed by atoms with Crippen molar-refractivity contribution in [1.82, 2.24) is 20.9 Å². The number of ether oxygens (including phenoxy) is 1. The molecule has 0 radical (unpaired) electrons. The van der Waals surface area contributed by atoms with E-state index in [2.05, 4.69) is 20.9 Å². The molecule has 8 nitrogen and oxygen atoms in total. The Balaban J connectivity index is 3.84. The summed E-state index contributed by atoms with van der Waals surface area (Å²) >= 11 is 0. The van der Waals surface area contributed by atoms with Gasteiger partial charge in [0.25, 0.3) is 0 Å². The topological polar surface area (TPSA) is 95.1 Å². The predicted octanol–water partition coefficient (Wildman–Crippen LogP) is 0.154. The number of amides is 2. The van der Waals surface area contributed by atoms with Crippen molar-refractivity contribution in [3.05, 3.63) is 0 Å². The Bertz CT molecular complexity index is 388. The van der Waals surface area contributed by atoms with Crippen molar-refractivity contribution in [3.63, 3.8) is 0 Å². The Kier molecular flexibility index (Phi) is 8.97. The predicted molar refractivity (Wildman–Crippen MR) is 86.9 cm³/mol. The van der Waals surface area contributed by atoms with Crippen LogP contribution in [0.25, 0.3) is 0 Å². The summed E-state index contributed by atoms with van der Waals surface area (Å²) in [6.07, 6.45) is -0.0574. The monoisotopic (exact) mass is 315 g/mol. The van der Waals surface area contributed by atoms with Gasteiger partial charge in [-0.05, 0) is 20.8 Å². The Labute approximate surface area is 132 Å². The lowest BCUT2D eigenvalue weighted by atomic mass is 10.2. The zero-order valence-corrected chi connectivity index (χ0v) is 14.4. The van der Waals surface area contributed by atoms with Gasteiger partial charge in [0.2, 0.25) is 5.91 Å². The maximum absolute atomic E-state index is 11.4. The minimum absolute atomic E-state index is 0.0505. The van der Waals surface area contributed by atoms with E-state index in [-0.39, 0.29) is 5.91 Å². The first-order valence-corrected chi connectivity index (χ1v) is 7.27. The fraction of sp³-hybridized carbons (Fsp3) is 0.786. The molecule has 0 atom stereocenters. The minimum Gasteiger partial charge on any atom is -0.444 e. The highest BCUT2D eigenvalue weighted by atomic mass is 16.6. The average Bonchev–Trinajstić information content (AvgIpc) is 2.39. The molecule has 3 N–H and O–H groups in total. The second-order valence-corrected chi connectivity index (χ2v) is 5.89. The third-order valence-electron chi connectivity index (χ3n) is 2.44. The van der Waals surface area contributed by atoms with Gasteiger partial charge < -0.3 is 25.6 Å². The summed E-state index contributed by atoms with van der Waals surface area (Å²) in [7, 11) is 5.08. The quantitative estimate of drug-likeness (QED) is 0.368. The van der Waals surface area contributed by atoms with Gasteiger partial charge in [-0.25, -0.2) is 4.79 Å². The van der Waals surface area contributed by atoms with E-state index in [9.17, 15) is 9.59 Å². The zero-order chi connectivity index (χ0) is 17.2. The molecule has 0 aliphatic rings. The summed E-state index contributed by atoms with van der Waals surface area (Å²) in [5.41, 5.74) is -0.506. The number of carbonyl (C=O) groups excluding carboxylic acids is 2. The Morgan fingerprint density at radius 3 is 2.09 bits per heavy atom. The number of aliphatic imine (C=N–C) groups is 1. The molecule has 0 saturated carbocycles. The Hall–Kier alpha value is -1.99. The van der Waals surface area contributed by atoms with Gasteiger partial charge in [-0.2, -0.15) is 0 Å². The van der Waals surface area contributed by atoms with Crippen molar-refractivity contribution in [1.29, 1.82) is 0 Å². The van der Waals surface area contributed by atoms with E-state index in [0.717, 1.165) is 0 Å². The van der Waals surface area contributed by atoms with Gasteiger partial charge in [0.1, 0.15) is 5.60 Å². The van der Waals surface area contributed by atoms with Crippen molar-refractivity contribution in [2.75, 3.05) is 40.8 Å². The van der Waals surface area contributed by atoms with Gasteiger partial charge in [-0.15, -0.1) is 0 Å². The maximum atomic E-state index is 11.4. The van der Waals surface area contributed by atoms with E-state index in [4.69, 9.17) is 4.74 Å². The fourth-order valence-electron chi connectivity index (χ4n) is 1.39. The van der Waals surface area contributed by atoms with Crippen LogP contribution in [-0.2, 0) is 9.53 Å². The van der Waals surface area contributed by atoms with E-state index in [1.807, 2.05) is 20.8 Å². The highest BCUT2D eigenvalue weighted by Crippen LogP contribution is 2.05. The summed E-state index contributed by atoms with van der Waals surface area (Å²) < 4.78 is 5.12. The smallest absolute Gasteiger partial charge is 0.407 e. The Morgan fingerprint density at radius 2 is 1.59 bits per heavy atom. The molecule has 2 amide bonds. The number of hydrogen-bond donors (Lipinski definition) is 3. The molecule has 22 heavy (non-hydrogen) atoms. The molecule has 0 aromatic rings. The van der Waals surface area contributed by atoms with Crippen LogP contribution in [0, 0.1) is 0 Å². The third-order valence-corrected chi connectivity index (χ3v) is 2.44. The number of nitrogens with zero attached hydrogens (tertiary/aromatic N) is 2. The molecule has 0 heterocycles. The Morgan fingerprint density at radius 1 is 1.05 bits per heavy atom. The summed E-state index contributed by atoms with van der Waals surface area (Å²) in [6.45, 7) is 6.84. The summed E-state index contributed by atoms with van der Waals surface area (Å²) in [5.74, 6) is 0.632. The van der Waals surface area contributed by atoms with Crippen LogP contribution >= 0.6 is 0 Å². The SMILES string of the molecule is CN=C(NCCNC(=O)OC(C)(C)C)NCCC(=O)N(C)C. The van der Waals surface area contributed by atoms with E-state index >= 15 is 0 Å². The van der Waals surface area contributed by atoms with Crippen LogP contribution in [0.15, 0.2) is 4.99 Å². The van der Waals surface area contributed by atoms with Gasteiger partial charge in [0, 0.05) is 47.2 Å². The fourth-order valence-corrected chi connectivity index (χ4v) is 1.39. The highest BCUT2D eigenvalue weighted by Gasteiger charge is 2.15. The zero-order valence-electron chi connectivity index (χ0n) is 14.4. The molecule has 0 saturated heterocycles. The number of nitrogens with one attached hydrogen (secondary N) is 3. The van der Waals surface area contributed by atoms with Crippen molar-refractivity contribution >= 4 is 18.0 Å².